The van der Waals surface area contributed by atoms with E-state index in [0.29, 0.717) is 25.9 Å². The van der Waals surface area contributed by atoms with Gasteiger partial charge in [-0.05, 0) is 40.5 Å². The lowest BCUT2D eigenvalue weighted by Gasteiger charge is -2.44. The van der Waals surface area contributed by atoms with Crippen LogP contribution in [0.2, 0.25) is 0 Å². The Morgan fingerprint density at radius 3 is 1.80 bits per heavy atom. The van der Waals surface area contributed by atoms with Gasteiger partial charge < -0.3 is 47.4 Å². The third-order valence-corrected chi connectivity index (χ3v) is 7.54. The summed E-state index contributed by atoms with van der Waals surface area (Å²) in [6.07, 6.45) is -3.75. The van der Waals surface area contributed by atoms with Gasteiger partial charge in [0.05, 0.1) is 12.7 Å². The maximum Gasteiger partial charge on any atom is 0.303 e. The van der Waals surface area contributed by atoms with Gasteiger partial charge in [-0.25, -0.2) is 0 Å². The van der Waals surface area contributed by atoms with Crippen LogP contribution in [-0.2, 0) is 61.8 Å². The Morgan fingerprint density at radius 1 is 0.683 bits per heavy atom. The van der Waals surface area contributed by atoms with Crippen LogP contribution in [0.5, 0.6) is 0 Å². The molecule has 0 bridgehead atoms. The Balaban J connectivity index is 1.40. The van der Waals surface area contributed by atoms with Crippen molar-refractivity contribution in [3.05, 3.63) is 0 Å². The molecule has 4 saturated heterocycles. The summed E-state index contributed by atoms with van der Waals surface area (Å²) in [5.74, 6) is -3.25. The summed E-state index contributed by atoms with van der Waals surface area (Å²) in [5.41, 5.74) is 0. The average Bonchev–Trinajstić information content (AvgIpc) is 3.48. The third-order valence-electron chi connectivity index (χ3n) is 7.54. The lowest BCUT2D eigenvalue weighted by Crippen LogP contribution is -2.61. The van der Waals surface area contributed by atoms with E-state index in [-0.39, 0.29) is 30.5 Å². The normalized spacial score (nSPS) is 39.2. The smallest absolute Gasteiger partial charge is 0.303 e. The molecule has 0 aliphatic carbocycles. The van der Waals surface area contributed by atoms with Gasteiger partial charge in [-0.3, -0.25) is 14.4 Å². The SMILES string of the molecule is CO[C@H]1O[C@H](CCCC[C@@H]2O[C@H]([C@H]3COC(C)(C)O3)[C@@H]3OC(C)(C)O[C@@H]32)[C@@H](OC(C)=O)[C@H](OC(C)=O)[C@H]1OC(C)=O. The first kappa shape index (κ1) is 32.1. The van der Waals surface area contributed by atoms with E-state index in [1.54, 1.807) is 0 Å². The monoisotopic (exact) mass is 588 g/mol. The summed E-state index contributed by atoms with van der Waals surface area (Å²) in [6.45, 7) is 11.6. The molecule has 0 amide bonds. The number of hydrogen-bond acceptors (Lipinski definition) is 13. The Hall–Kier alpha value is -1.87. The van der Waals surface area contributed by atoms with E-state index < -0.39 is 60.2 Å². The number of carbonyl (C=O) groups excluding carboxylic acids is 3. The number of rotatable bonds is 10. The Morgan fingerprint density at radius 2 is 1.24 bits per heavy atom. The van der Waals surface area contributed by atoms with E-state index in [0.717, 1.165) is 6.42 Å². The first-order valence-electron chi connectivity index (χ1n) is 14.2. The number of ether oxygens (including phenoxy) is 10. The zero-order valence-corrected chi connectivity index (χ0v) is 25.1. The highest BCUT2D eigenvalue weighted by atomic mass is 16.8. The highest BCUT2D eigenvalue weighted by Gasteiger charge is 2.58. The van der Waals surface area contributed by atoms with Crippen LogP contribution < -0.4 is 0 Å². The second-order valence-corrected chi connectivity index (χ2v) is 11.9. The summed E-state index contributed by atoms with van der Waals surface area (Å²) in [4.78, 5) is 35.7. The number of unbranched alkanes of at least 4 members (excludes halogenated alkanes) is 1. The molecule has 10 atom stereocenters. The van der Waals surface area contributed by atoms with E-state index in [9.17, 15) is 14.4 Å². The topological polar surface area (TPSA) is 144 Å². The van der Waals surface area contributed by atoms with Crippen LogP contribution in [0.25, 0.3) is 0 Å². The van der Waals surface area contributed by atoms with E-state index in [1.807, 2.05) is 27.7 Å². The molecular formula is C28H44O13. The molecular weight excluding hydrogens is 544 g/mol. The minimum atomic E-state index is -1.11. The van der Waals surface area contributed by atoms with Gasteiger partial charge in [0.25, 0.3) is 0 Å². The molecule has 0 N–H and O–H groups in total. The molecule has 4 aliphatic heterocycles. The fraction of sp³-hybridized carbons (Fsp3) is 0.893. The van der Waals surface area contributed by atoms with Gasteiger partial charge in [-0.15, -0.1) is 0 Å². The van der Waals surface area contributed by atoms with Crippen molar-refractivity contribution >= 4 is 17.9 Å². The number of methoxy groups -OCH3 is 1. The Kier molecular flexibility index (Phi) is 9.99. The first-order valence-corrected chi connectivity index (χ1v) is 14.2. The largest absolute Gasteiger partial charge is 0.456 e. The van der Waals surface area contributed by atoms with Crippen molar-refractivity contribution in [3.63, 3.8) is 0 Å². The number of esters is 3. The maximum absolute atomic E-state index is 12.0. The molecule has 41 heavy (non-hydrogen) atoms. The number of carbonyl (C=O) groups is 3. The highest BCUT2D eigenvalue weighted by Crippen LogP contribution is 2.43. The molecule has 13 heteroatoms. The summed E-state index contributed by atoms with van der Waals surface area (Å²) in [7, 11) is 1.39. The van der Waals surface area contributed by atoms with Crippen LogP contribution in [0.1, 0.15) is 74.1 Å². The summed E-state index contributed by atoms with van der Waals surface area (Å²) >= 11 is 0. The van der Waals surface area contributed by atoms with Gasteiger partial charge in [0.1, 0.15) is 30.5 Å². The Bertz CT molecular complexity index is 951. The summed E-state index contributed by atoms with van der Waals surface area (Å²) < 4.78 is 58.6. The van der Waals surface area contributed by atoms with Gasteiger partial charge in [-0.1, -0.05) is 12.8 Å². The zero-order valence-electron chi connectivity index (χ0n) is 25.1. The third kappa shape index (κ3) is 7.75. The van der Waals surface area contributed by atoms with Gasteiger partial charge in [0.15, 0.2) is 36.2 Å². The van der Waals surface area contributed by atoms with Crippen LogP contribution in [0, 0.1) is 0 Å². The molecule has 4 heterocycles. The summed E-state index contributed by atoms with van der Waals surface area (Å²) in [5, 5.41) is 0. The van der Waals surface area contributed by atoms with Crippen molar-refractivity contribution in [3.8, 4) is 0 Å². The predicted molar refractivity (Wildman–Crippen MR) is 138 cm³/mol. The van der Waals surface area contributed by atoms with Crippen molar-refractivity contribution in [2.75, 3.05) is 13.7 Å². The predicted octanol–water partition coefficient (Wildman–Crippen LogP) is 2.15. The van der Waals surface area contributed by atoms with Gasteiger partial charge in [0.2, 0.25) is 0 Å². The standard InChI is InChI=1S/C28H44O13/c1-14(29)34-20-17(38-26(32-8)25(36-16(3)31)23(20)35-15(2)30)11-9-10-12-18-22-24(41-28(6,7)40-22)21(37-18)19-13-33-27(4,5)39-19/h17-26H,9-13H2,1-8H3/t17-,18+,19-,20-,21-,22-,23+,24+,25-,26+/m1/s1. The molecule has 13 nitrogen and oxygen atoms in total. The second kappa shape index (κ2) is 12.8. The molecule has 4 fully saturated rings. The molecule has 234 valence electrons. The van der Waals surface area contributed by atoms with E-state index >= 15 is 0 Å². The maximum atomic E-state index is 12.0. The molecule has 0 aromatic heterocycles. The fourth-order valence-electron chi connectivity index (χ4n) is 6.09. The molecule has 0 aromatic carbocycles. The van der Waals surface area contributed by atoms with Gasteiger partial charge >= 0.3 is 17.9 Å². The van der Waals surface area contributed by atoms with Crippen LogP contribution in [0.4, 0.5) is 0 Å². The van der Waals surface area contributed by atoms with Gasteiger partial charge in [-0.2, -0.15) is 0 Å². The Labute approximate surface area is 240 Å². The molecule has 4 aliphatic rings. The minimum Gasteiger partial charge on any atom is -0.456 e. The second-order valence-electron chi connectivity index (χ2n) is 11.9. The molecule has 0 spiro atoms. The fourth-order valence-corrected chi connectivity index (χ4v) is 6.09. The van der Waals surface area contributed by atoms with Crippen LogP contribution in [0.3, 0.4) is 0 Å². The number of fused-ring (bicyclic) bond motifs is 1. The molecule has 0 aromatic rings. The van der Waals surface area contributed by atoms with Crippen LogP contribution in [-0.4, -0.2) is 104 Å². The van der Waals surface area contributed by atoms with Gasteiger partial charge in [0, 0.05) is 27.9 Å². The molecule has 0 unspecified atom stereocenters. The average molecular weight is 589 g/mol. The van der Waals surface area contributed by atoms with Crippen molar-refractivity contribution in [1.29, 1.82) is 0 Å². The lowest BCUT2D eigenvalue weighted by atomic mass is 9.93. The zero-order chi connectivity index (χ0) is 30.1. The lowest BCUT2D eigenvalue weighted by molar-refractivity contribution is -0.299. The highest BCUT2D eigenvalue weighted by molar-refractivity contribution is 5.68. The van der Waals surface area contributed by atoms with Crippen molar-refractivity contribution in [2.45, 2.75) is 147 Å². The van der Waals surface area contributed by atoms with Crippen LogP contribution >= 0.6 is 0 Å². The minimum absolute atomic E-state index is 0.218. The van der Waals surface area contributed by atoms with Crippen molar-refractivity contribution in [1.82, 2.24) is 0 Å². The molecule has 4 rings (SSSR count). The molecule has 0 radical (unpaired) electrons. The summed E-state index contributed by atoms with van der Waals surface area (Å²) in [6, 6.07) is 0. The van der Waals surface area contributed by atoms with E-state index in [1.165, 1.54) is 27.9 Å². The van der Waals surface area contributed by atoms with Crippen molar-refractivity contribution < 1.29 is 61.8 Å². The van der Waals surface area contributed by atoms with E-state index in [2.05, 4.69) is 0 Å². The van der Waals surface area contributed by atoms with Crippen LogP contribution in [0.15, 0.2) is 0 Å². The van der Waals surface area contributed by atoms with E-state index in [4.69, 9.17) is 47.4 Å². The quantitative estimate of drug-likeness (QED) is 0.209. The molecule has 0 saturated carbocycles. The van der Waals surface area contributed by atoms with Crippen molar-refractivity contribution in [2.24, 2.45) is 0 Å². The number of hydrogen-bond donors (Lipinski definition) is 0. The first-order chi connectivity index (χ1) is 19.2.